The molecule has 1 N–H and O–H groups in total. The molecule has 9 nitrogen and oxygen atoms in total. The van der Waals surface area contributed by atoms with Gasteiger partial charge < -0.3 is 24.4 Å². The number of hydrogen-bond donors (Lipinski definition) is 1. The zero-order valence-corrected chi connectivity index (χ0v) is 19.0. The van der Waals surface area contributed by atoms with Crippen LogP contribution in [0.2, 0.25) is 0 Å². The number of fused-ring (bicyclic) bond motifs is 1. The summed E-state index contributed by atoms with van der Waals surface area (Å²) < 4.78 is 42.7. The lowest BCUT2D eigenvalue weighted by molar-refractivity contribution is -0.286. The first kappa shape index (κ1) is 22.4. The molecule has 3 heterocycles. The van der Waals surface area contributed by atoms with E-state index in [1.807, 2.05) is 35.8 Å². The van der Waals surface area contributed by atoms with Crippen molar-refractivity contribution < 1.29 is 27.8 Å². The number of hydrogen-bond acceptors (Lipinski definition) is 8. The minimum Gasteiger partial charge on any atom is -0.395 e. The van der Waals surface area contributed by atoms with Gasteiger partial charge in [-0.25, -0.2) is 0 Å². The van der Waals surface area contributed by atoms with Crippen LogP contribution < -0.4 is 19.7 Å². The summed E-state index contributed by atoms with van der Waals surface area (Å²) in [6.07, 6.45) is -3.71. The van der Waals surface area contributed by atoms with Crippen LogP contribution in [-0.2, 0) is 9.53 Å². The number of aryl methyl sites for hydroxylation is 1. The second-order valence-corrected chi connectivity index (χ2v) is 8.61. The third-order valence-electron chi connectivity index (χ3n) is 5.28. The molecule has 2 aliphatic heterocycles. The molecular formula is C22H21F2N5O4S. The Morgan fingerprint density at radius 2 is 1.88 bits per heavy atom. The molecule has 1 aromatic heterocycles. The Morgan fingerprint density at radius 3 is 2.68 bits per heavy atom. The van der Waals surface area contributed by atoms with Gasteiger partial charge in [0, 0.05) is 24.8 Å². The Kier molecular flexibility index (Phi) is 6.00. The number of nitrogens with one attached hydrogen (secondary N) is 1. The van der Waals surface area contributed by atoms with Crippen molar-refractivity contribution in [1.82, 2.24) is 14.8 Å². The van der Waals surface area contributed by atoms with Crippen molar-refractivity contribution in [3.8, 4) is 17.2 Å². The number of carbonyl (C=O) groups excluding carboxylic acids is 1. The van der Waals surface area contributed by atoms with E-state index < -0.39 is 6.29 Å². The standard InChI is InChI=1S/C22H21F2N5O4S/c1-14-4-2-3-5-16(14)29-20(28-8-10-31-11-9-28)26-27-21(29)34-13-19(30)25-15-6-7-17-18(12-15)33-22(23,24)32-17/h2-7,12H,8-11,13H2,1H3,(H,25,30). The lowest BCUT2D eigenvalue weighted by Crippen LogP contribution is -2.38. The van der Waals surface area contributed by atoms with Crippen LogP contribution in [0.3, 0.4) is 0 Å². The molecule has 0 radical (unpaired) electrons. The first-order chi connectivity index (χ1) is 16.4. The Balaban J connectivity index is 1.32. The third-order valence-corrected chi connectivity index (χ3v) is 6.21. The Labute approximate surface area is 198 Å². The molecular weight excluding hydrogens is 468 g/mol. The summed E-state index contributed by atoms with van der Waals surface area (Å²) in [5.74, 6) is 0.182. The number of benzene rings is 2. The van der Waals surface area contributed by atoms with Crippen molar-refractivity contribution in [2.24, 2.45) is 0 Å². The van der Waals surface area contributed by atoms with E-state index in [1.165, 1.54) is 30.0 Å². The van der Waals surface area contributed by atoms with Gasteiger partial charge in [0.1, 0.15) is 0 Å². The van der Waals surface area contributed by atoms with E-state index in [9.17, 15) is 13.6 Å². The molecule has 0 atom stereocenters. The quantitative estimate of drug-likeness (QED) is 0.527. The van der Waals surface area contributed by atoms with E-state index in [4.69, 9.17) is 4.74 Å². The first-order valence-corrected chi connectivity index (χ1v) is 11.5. The van der Waals surface area contributed by atoms with Crippen molar-refractivity contribution >= 4 is 29.3 Å². The van der Waals surface area contributed by atoms with Crippen molar-refractivity contribution in [1.29, 1.82) is 0 Å². The summed E-state index contributed by atoms with van der Waals surface area (Å²) >= 11 is 1.23. The van der Waals surface area contributed by atoms with Gasteiger partial charge in [0.05, 0.1) is 24.7 Å². The Hall–Kier alpha value is -3.38. The average Bonchev–Trinajstić information content (AvgIpc) is 3.37. The molecule has 1 fully saturated rings. The van der Waals surface area contributed by atoms with Crippen LogP contribution in [-0.4, -0.2) is 59.0 Å². The van der Waals surface area contributed by atoms with Gasteiger partial charge in [0.25, 0.3) is 0 Å². The van der Waals surface area contributed by atoms with Crippen LogP contribution in [0.4, 0.5) is 20.4 Å². The van der Waals surface area contributed by atoms with Gasteiger partial charge in [-0.2, -0.15) is 0 Å². The topological polar surface area (TPSA) is 90.7 Å². The molecule has 12 heteroatoms. The van der Waals surface area contributed by atoms with Crippen LogP contribution in [0, 0.1) is 6.92 Å². The normalized spacial score (nSPS) is 16.5. The number of nitrogens with zero attached hydrogens (tertiary/aromatic N) is 4. The molecule has 3 aromatic rings. The van der Waals surface area contributed by atoms with Gasteiger partial charge in [0.15, 0.2) is 16.7 Å². The average molecular weight is 490 g/mol. The maximum absolute atomic E-state index is 13.2. The summed E-state index contributed by atoms with van der Waals surface area (Å²) in [5.41, 5.74) is 2.29. The van der Waals surface area contributed by atoms with E-state index in [-0.39, 0.29) is 23.2 Å². The molecule has 0 aliphatic carbocycles. The maximum Gasteiger partial charge on any atom is 0.586 e. The van der Waals surface area contributed by atoms with Crippen LogP contribution in [0.15, 0.2) is 47.6 Å². The number of rotatable bonds is 6. The van der Waals surface area contributed by atoms with Crippen LogP contribution in [0.25, 0.3) is 5.69 Å². The van der Waals surface area contributed by atoms with Crippen LogP contribution >= 0.6 is 11.8 Å². The third kappa shape index (κ3) is 4.64. The number of thioether (sulfide) groups is 1. The van der Waals surface area contributed by atoms with Gasteiger partial charge in [0.2, 0.25) is 11.9 Å². The minimum atomic E-state index is -3.71. The second-order valence-electron chi connectivity index (χ2n) is 7.67. The van der Waals surface area contributed by atoms with Gasteiger partial charge in [-0.15, -0.1) is 19.0 Å². The Morgan fingerprint density at radius 1 is 1.12 bits per heavy atom. The number of carbonyl (C=O) groups is 1. The number of para-hydroxylation sites is 1. The van der Waals surface area contributed by atoms with Gasteiger partial charge in [-0.1, -0.05) is 30.0 Å². The first-order valence-electron chi connectivity index (χ1n) is 10.6. The largest absolute Gasteiger partial charge is 0.586 e. The number of anilines is 2. The fraction of sp³-hybridized carbons (Fsp3) is 0.318. The minimum absolute atomic E-state index is 0.0394. The summed E-state index contributed by atoms with van der Waals surface area (Å²) in [4.78, 5) is 14.7. The molecule has 5 rings (SSSR count). The van der Waals surface area contributed by atoms with E-state index in [1.54, 1.807) is 0 Å². The summed E-state index contributed by atoms with van der Waals surface area (Å²) in [7, 11) is 0. The fourth-order valence-electron chi connectivity index (χ4n) is 3.70. The monoisotopic (exact) mass is 489 g/mol. The van der Waals surface area contributed by atoms with Crippen LogP contribution in [0.1, 0.15) is 5.56 Å². The number of morpholine rings is 1. The van der Waals surface area contributed by atoms with E-state index in [0.29, 0.717) is 43.1 Å². The van der Waals surface area contributed by atoms with Crippen molar-refractivity contribution in [2.75, 3.05) is 42.3 Å². The number of halogens is 2. The number of amides is 1. The zero-order chi connectivity index (χ0) is 23.7. The van der Waals surface area contributed by atoms with E-state index >= 15 is 0 Å². The molecule has 0 spiro atoms. The molecule has 178 valence electrons. The molecule has 0 unspecified atom stereocenters. The van der Waals surface area contributed by atoms with Crippen molar-refractivity contribution in [3.05, 3.63) is 48.0 Å². The van der Waals surface area contributed by atoms with Crippen LogP contribution in [0.5, 0.6) is 11.5 Å². The highest BCUT2D eigenvalue weighted by Gasteiger charge is 2.43. The summed E-state index contributed by atoms with van der Waals surface area (Å²) in [6, 6.07) is 12.0. The fourth-order valence-corrected chi connectivity index (χ4v) is 4.44. The lowest BCUT2D eigenvalue weighted by atomic mass is 10.2. The molecule has 34 heavy (non-hydrogen) atoms. The SMILES string of the molecule is Cc1ccccc1-n1c(SCC(=O)Nc2ccc3c(c2)OC(F)(F)O3)nnc1N1CCOCC1. The number of alkyl halides is 2. The number of aromatic nitrogens is 3. The maximum atomic E-state index is 13.2. The highest BCUT2D eigenvalue weighted by molar-refractivity contribution is 7.99. The predicted molar refractivity (Wildman–Crippen MR) is 121 cm³/mol. The lowest BCUT2D eigenvalue weighted by Gasteiger charge is -2.28. The Bertz CT molecular complexity index is 1220. The predicted octanol–water partition coefficient (Wildman–Crippen LogP) is 3.46. The van der Waals surface area contributed by atoms with E-state index in [2.05, 4.69) is 29.9 Å². The molecule has 2 aromatic carbocycles. The van der Waals surface area contributed by atoms with E-state index in [0.717, 1.165) is 11.3 Å². The second kappa shape index (κ2) is 9.11. The molecule has 0 bridgehead atoms. The van der Waals surface area contributed by atoms with Gasteiger partial charge in [-0.3, -0.25) is 9.36 Å². The summed E-state index contributed by atoms with van der Waals surface area (Å²) in [6.45, 7) is 4.60. The van der Waals surface area contributed by atoms with Gasteiger partial charge in [-0.05, 0) is 30.7 Å². The zero-order valence-electron chi connectivity index (χ0n) is 18.2. The molecule has 0 saturated carbocycles. The highest BCUT2D eigenvalue weighted by Crippen LogP contribution is 2.42. The number of ether oxygens (including phenoxy) is 3. The molecule has 1 saturated heterocycles. The van der Waals surface area contributed by atoms with Gasteiger partial charge >= 0.3 is 6.29 Å². The van der Waals surface area contributed by atoms with Crippen molar-refractivity contribution in [3.63, 3.8) is 0 Å². The molecule has 1 amide bonds. The molecule has 2 aliphatic rings. The summed E-state index contributed by atoms with van der Waals surface area (Å²) in [5, 5.41) is 12.0. The van der Waals surface area contributed by atoms with Crippen molar-refractivity contribution in [2.45, 2.75) is 18.4 Å². The highest BCUT2D eigenvalue weighted by atomic mass is 32.2. The smallest absolute Gasteiger partial charge is 0.395 e.